The Kier molecular flexibility index (Phi) is 1.27. The summed E-state index contributed by atoms with van der Waals surface area (Å²) < 4.78 is 26.6. The highest BCUT2D eigenvalue weighted by molar-refractivity contribution is 7.98. The van der Waals surface area contributed by atoms with E-state index in [1.54, 1.807) is 0 Å². The van der Waals surface area contributed by atoms with Crippen LogP contribution in [0, 0.1) is 0 Å². The number of hydrogen-bond acceptors (Lipinski definition) is 2. The molecule has 0 aromatic rings. The van der Waals surface area contributed by atoms with E-state index in [1.165, 1.54) is 0 Å². The van der Waals surface area contributed by atoms with E-state index >= 15 is 0 Å². The molecule has 1 heterocycles. The van der Waals surface area contributed by atoms with E-state index in [0.717, 1.165) is 11.9 Å². The molecule has 1 rings (SSSR count). The highest BCUT2D eigenvalue weighted by atomic mass is 32.2. The van der Waals surface area contributed by atoms with Gasteiger partial charge in [0.15, 0.2) is 6.17 Å². The fraction of sp³-hybridized carbons (Fsp3) is 0.667. The van der Waals surface area contributed by atoms with Gasteiger partial charge >= 0.3 is 0 Å². The summed E-state index contributed by atoms with van der Waals surface area (Å²) in [5.74, 6) is -0.726. The van der Waals surface area contributed by atoms with Crippen molar-refractivity contribution in [1.29, 1.82) is 0 Å². The van der Waals surface area contributed by atoms with E-state index in [2.05, 4.69) is 4.40 Å². The quantitative estimate of drug-likeness (QED) is 0.443. The molecule has 0 fully saturated rings. The van der Waals surface area contributed by atoms with Crippen molar-refractivity contribution >= 4 is 17.9 Å². The second-order valence-corrected chi connectivity index (χ2v) is 1.95. The van der Waals surface area contributed by atoms with Gasteiger partial charge < -0.3 is 0 Å². The van der Waals surface area contributed by atoms with E-state index < -0.39 is 12.1 Å². The average molecular weight is 123 g/mol. The molecule has 4 heteroatoms. The van der Waals surface area contributed by atoms with Gasteiger partial charge in [-0.05, 0) is 11.9 Å². The van der Waals surface area contributed by atoms with Gasteiger partial charge in [0.1, 0.15) is 0 Å². The molecule has 0 amide bonds. The van der Waals surface area contributed by atoms with Crippen LogP contribution in [-0.4, -0.2) is 17.9 Å². The van der Waals surface area contributed by atoms with Crippen LogP contribution in [0.2, 0.25) is 0 Å². The van der Waals surface area contributed by atoms with Crippen LogP contribution in [0.5, 0.6) is 0 Å². The Hall–Kier alpha value is -0.120. The number of halogens is 2. The highest BCUT2D eigenvalue weighted by Crippen LogP contribution is 2.18. The zero-order valence-corrected chi connectivity index (χ0v) is 4.21. The molecule has 1 atom stereocenters. The predicted octanol–water partition coefficient (Wildman–Crippen LogP) is 1.35. The first-order valence-electron chi connectivity index (χ1n) is 1.80. The van der Waals surface area contributed by atoms with Crippen LogP contribution in [0.3, 0.4) is 0 Å². The summed E-state index contributed by atoms with van der Waals surface area (Å²) in [4.78, 5) is 0. The molecule has 0 bridgehead atoms. The molecule has 1 unspecified atom stereocenters. The lowest BCUT2D eigenvalue weighted by Gasteiger charge is -1.85. The Balaban J connectivity index is 2.54. The number of rotatable bonds is 0. The smallest absolute Gasteiger partial charge is 0.231 e. The fourth-order valence-corrected chi connectivity index (χ4v) is 0.871. The lowest BCUT2D eigenvalue weighted by atomic mass is 10.5. The molecule has 0 radical (unpaired) electrons. The van der Waals surface area contributed by atoms with Gasteiger partial charge in [-0.1, -0.05) is 0 Å². The molecule has 1 aliphatic rings. The Morgan fingerprint density at radius 3 is 2.71 bits per heavy atom. The first-order valence-corrected chi connectivity index (χ1v) is 2.74. The normalized spacial score (nSPS) is 30.6. The minimum absolute atomic E-state index is 0.145. The van der Waals surface area contributed by atoms with Crippen molar-refractivity contribution in [3.8, 4) is 0 Å². The van der Waals surface area contributed by atoms with Crippen LogP contribution >= 0.6 is 11.9 Å². The zero-order valence-electron chi connectivity index (χ0n) is 3.40. The third-order valence-electron chi connectivity index (χ3n) is 0.631. The molecule has 40 valence electrons. The average Bonchev–Trinajstić information content (AvgIpc) is 1.91. The van der Waals surface area contributed by atoms with E-state index in [-0.39, 0.29) is 5.75 Å². The number of hydrogen-bond donors (Lipinski definition) is 0. The van der Waals surface area contributed by atoms with Crippen molar-refractivity contribution in [2.24, 2.45) is 4.40 Å². The van der Waals surface area contributed by atoms with Crippen LogP contribution in [-0.2, 0) is 0 Å². The fourth-order valence-electron chi connectivity index (χ4n) is 0.290. The Labute approximate surface area is 43.9 Å². The van der Waals surface area contributed by atoms with Crippen LogP contribution in [0.4, 0.5) is 8.78 Å². The third-order valence-corrected chi connectivity index (χ3v) is 1.38. The SMILES string of the molecule is FC1=NSCC1F. The molecular weight excluding hydrogens is 120 g/mol. The topological polar surface area (TPSA) is 12.4 Å². The summed E-state index contributed by atoms with van der Waals surface area (Å²) in [6.07, 6.45) is -1.44. The Morgan fingerprint density at radius 1 is 1.86 bits per heavy atom. The largest absolute Gasteiger partial charge is 0.237 e. The van der Waals surface area contributed by atoms with Gasteiger partial charge in [0.2, 0.25) is 5.97 Å². The molecule has 7 heavy (non-hydrogen) atoms. The zero-order chi connectivity index (χ0) is 5.28. The van der Waals surface area contributed by atoms with Crippen LogP contribution in [0.1, 0.15) is 0 Å². The third kappa shape index (κ3) is 0.907. The summed E-state index contributed by atoms with van der Waals surface area (Å²) >= 11 is 0.928. The molecule has 1 aliphatic heterocycles. The molecule has 0 saturated carbocycles. The van der Waals surface area contributed by atoms with Crippen molar-refractivity contribution in [3.63, 3.8) is 0 Å². The Morgan fingerprint density at radius 2 is 2.57 bits per heavy atom. The van der Waals surface area contributed by atoms with Gasteiger partial charge in [-0.2, -0.15) is 8.79 Å². The predicted molar refractivity (Wildman–Crippen MR) is 25.9 cm³/mol. The maximum absolute atomic E-state index is 11.8. The first-order chi connectivity index (χ1) is 3.30. The lowest BCUT2D eigenvalue weighted by Crippen LogP contribution is -2.06. The van der Waals surface area contributed by atoms with E-state index in [9.17, 15) is 8.78 Å². The van der Waals surface area contributed by atoms with Gasteiger partial charge in [-0.25, -0.2) is 4.39 Å². The van der Waals surface area contributed by atoms with Gasteiger partial charge in [0.25, 0.3) is 0 Å². The summed E-state index contributed by atoms with van der Waals surface area (Å²) in [5, 5.41) is 0. The molecule has 0 saturated heterocycles. The second kappa shape index (κ2) is 1.78. The minimum Gasteiger partial charge on any atom is -0.237 e. The second-order valence-electron chi connectivity index (χ2n) is 1.18. The molecule has 0 spiro atoms. The molecule has 0 aromatic carbocycles. The number of alkyl halides is 1. The number of nitrogens with zero attached hydrogens (tertiary/aromatic N) is 1. The van der Waals surface area contributed by atoms with Crippen molar-refractivity contribution in [2.45, 2.75) is 6.17 Å². The molecule has 0 N–H and O–H groups in total. The van der Waals surface area contributed by atoms with E-state index in [0.29, 0.717) is 0 Å². The van der Waals surface area contributed by atoms with Crippen LogP contribution in [0.15, 0.2) is 4.40 Å². The van der Waals surface area contributed by atoms with Crippen molar-refractivity contribution in [1.82, 2.24) is 0 Å². The summed E-state index contributed by atoms with van der Waals surface area (Å²) in [5.41, 5.74) is 0. The minimum atomic E-state index is -1.44. The summed E-state index contributed by atoms with van der Waals surface area (Å²) in [6.45, 7) is 0. The molecule has 0 aliphatic carbocycles. The Bertz CT molecular complexity index is 103. The van der Waals surface area contributed by atoms with Crippen LogP contribution in [0.25, 0.3) is 0 Å². The summed E-state index contributed by atoms with van der Waals surface area (Å²) in [7, 11) is 0. The monoisotopic (exact) mass is 123 g/mol. The van der Waals surface area contributed by atoms with Crippen molar-refractivity contribution in [3.05, 3.63) is 0 Å². The lowest BCUT2D eigenvalue weighted by molar-refractivity contribution is 0.438. The molecular formula is C3H3F2NS. The van der Waals surface area contributed by atoms with E-state index in [1.807, 2.05) is 0 Å². The summed E-state index contributed by atoms with van der Waals surface area (Å²) in [6, 6.07) is 0. The maximum atomic E-state index is 11.8. The van der Waals surface area contributed by atoms with Crippen LogP contribution < -0.4 is 0 Å². The van der Waals surface area contributed by atoms with E-state index in [4.69, 9.17) is 0 Å². The maximum Gasteiger partial charge on any atom is 0.231 e. The van der Waals surface area contributed by atoms with Gasteiger partial charge in [-0.15, -0.1) is 0 Å². The molecule has 0 aromatic heterocycles. The standard InChI is InChI=1S/C3H3F2NS/c4-2-1-7-6-3(2)5/h2H,1H2. The van der Waals surface area contributed by atoms with Gasteiger partial charge in [0, 0.05) is 0 Å². The molecule has 1 nitrogen and oxygen atoms in total. The van der Waals surface area contributed by atoms with Crippen molar-refractivity contribution in [2.75, 3.05) is 5.75 Å². The van der Waals surface area contributed by atoms with Gasteiger partial charge in [-0.3, -0.25) is 0 Å². The van der Waals surface area contributed by atoms with Gasteiger partial charge in [0.05, 0.1) is 5.75 Å². The van der Waals surface area contributed by atoms with Crippen molar-refractivity contribution < 1.29 is 8.78 Å². The highest BCUT2D eigenvalue weighted by Gasteiger charge is 2.19. The first kappa shape index (κ1) is 5.03.